The van der Waals surface area contributed by atoms with Gasteiger partial charge in [0.2, 0.25) is 0 Å². The minimum atomic E-state index is -5.16. The van der Waals surface area contributed by atoms with Crippen molar-refractivity contribution < 1.29 is 37.2 Å². The average Bonchev–Trinajstić information content (AvgIpc) is 2.68. The van der Waals surface area contributed by atoms with Gasteiger partial charge in [0.1, 0.15) is 6.04 Å². The van der Waals surface area contributed by atoms with E-state index in [0.29, 0.717) is 0 Å². The predicted octanol–water partition coefficient (Wildman–Crippen LogP) is 0.687. The first-order valence-corrected chi connectivity index (χ1v) is 6.47. The summed E-state index contributed by atoms with van der Waals surface area (Å²) in [6.07, 6.45) is -5.59. The van der Waals surface area contributed by atoms with Crippen LogP contribution in [0.4, 0.5) is 13.2 Å². The van der Waals surface area contributed by atoms with Gasteiger partial charge in [-0.1, -0.05) is 13.8 Å². The molecule has 1 saturated heterocycles. The molecule has 0 saturated carbocycles. The molecule has 1 N–H and O–H groups in total. The van der Waals surface area contributed by atoms with Crippen LogP contribution in [-0.2, 0) is 24.0 Å². The summed E-state index contributed by atoms with van der Waals surface area (Å²) in [5.41, 5.74) is 0. The number of hydrogen-bond donors (Lipinski definition) is 1. The quantitative estimate of drug-likeness (QED) is 0.751. The van der Waals surface area contributed by atoms with Gasteiger partial charge in [-0.15, -0.1) is 5.06 Å². The maximum Gasteiger partial charge on any atom is 0.471 e. The Morgan fingerprint density at radius 1 is 1.23 bits per heavy atom. The second-order valence-corrected chi connectivity index (χ2v) is 5.15. The van der Waals surface area contributed by atoms with Crippen LogP contribution >= 0.6 is 0 Å². The molecule has 1 unspecified atom stereocenters. The van der Waals surface area contributed by atoms with E-state index >= 15 is 0 Å². The molecule has 0 radical (unpaired) electrons. The third kappa shape index (κ3) is 4.71. The molecule has 3 amide bonds. The van der Waals surface area contributed by atoms with Crippen LogP contribution in [0.15, 0.2) is 0 Å². The molecule has 1 atom stereocenters. The summed E-state index contributed by atoms with van der Waals surface area (Å²) in [6.45, 7) is 3.23. The third-order valence-corrected chi connectivity index (χ3v) is 2.74. The van der Waals surface area contributed by atoms with E-state index in [9.17, 15) is 32.3 Å². The molecule has 124 valence electrons. The first-order chi connectivity index (χ1) is 10.0. The zero-order valence-electron chi connectivity index (χ0n) is 11.9. The summed E-state index contributed by atoms with van der Waals surface area (Å²) in [5.74, 6) is -5.35. The summed E-state index contributed by atoms with van der Waals surface area (Å²) >= 11 is 0. The normalized spacial score (nSPS) is 16.9. The molecule has 1 fully saturated rings. The van der Waals surface area contributed by atoms with Crippen molar-refractivity contribution in [2.24, 2.45) is 5.92 Å². The number of carbonyl (C=O) groups is 4. The van der Waals surface area contributed by atoms with Gasteiger partial charge in [-0.2, -0.15) is 13.2 Å². The van der Waals surface area contributed by atoms with Crippen molar-refractivity contribution >= 4 is 23.7 Å². The highest BCUT2D eigenvalue weighted by Crippen LogP contribution is 2.18. The molecule has 0 spiro atoms. The molecule has 0 aromatic rings. The van der Waals surface area contributed by atoms with Crippen LogP contribution in [-0.4, -0.2) is 41.0 Å². The third-order valence-electron chi connectivity index (χ3n) is 2.74. The molecule has 1 aliphatic heterocycles. The van der Waals surface area contributed by atoms with E-state index in [1.807, 2.05) is 0 Å². The fourth-order valence-electron chi connectivity index (χ4n) is 1.74. The molecule has 0 bridgehead atoms. The van der Waals surface area contributed by atoms with E-state index in [4.69, 9.17) is 0 Å². The highest BCUT2D eigenvalue weighted by molar-refractivity contribution is 6.02. The Kier molecular flexibility index (Phi) is 5.50. The van der Waals surface area contributed by atoms with Gasteiger partial charge in [-0.05, 0) is 12.3 Å². The summed E-state index contributed by atoms with van der Waals surface area (Å²) in [6, 6.07) is -1.62. The lowest BCUT2D eigenvalue weighted by molar-refractivity contribution is -0.200. The minimum Gasteiger partial charge on any atom is -0.335 e. The van der Waals surface area contributed by atoms with Gasteiger partial charge in [0.25, 0.3) is 11.8 Å². The number of rotatable bonds is 5. The fraction of sp³-hybridized carbons (Fsp3) is 0.667. The van der Waals surface area contributed by atoms with Crippen molar-refractivity contribution in [2.75, 3.05) is 0 Å². The average molecular weight is 324 g/mol. The molecular weight excluding hydrogens is 309 g/mol. The maximum atomic E-state index is 12.3. The van der Waals surface area contributed by atoms with Gasteiger partial charge in [-0.25, -0.2) is 4.79 Å². The molecule has 0 aliphatic carbocycles. The minimum absolute atomic E-state index is 0.142. The van der Waals surface area contributed by atoms with Crippen LogP contribution in [0.25, 0.3) is 0 Å². The highest BCUT2D eigenvalue weighted by atomic mass is 19.4. The number of nitrogens with one attached hydrogen (secondary N) is 1. The van der Waals surface area contributed by atoms with Crippen LogP contribution in [0.2, 0.25) is 0 Å². The number of alkyl halides is 3. The smallest absolute Gasteiger partial charge is 0.335 e. The number of nitrogens with zero attached hydrogens (tertiary/aromatic N) is 1. The number of imide groups is 1. The molecule has 0 aromatic carbocycles. The largest absolute Gasteiger partial charge is 0.471 e. The maximum absolute atomic E-state index is 12.3. The van der Waals surface area contributed by atoms with Gasteiger partial charge in [0.15, 0.2) is 0 Å². The zero-order valence-corrected chi connectivity index (χ0v) is 11.9. The topological polar surface area (TPSA) is 92.8 Å². The van der Waals surface area contributed by atoms with Crippen LogP contribution in [0.1, 0.15) is 33.1 Å². The first kappa shape index (κ1) is 17.9. The molecule has 1 heterocycles. The van der Waals surface area contributed by atoms with Crippen LogP contribution in [0.5, 0.6) is 0 Å². The Morgan fingerprint density at radius 2 is 1.73 bits per heavy atom. The molecule has 1 rings (SSSR count). The van der Waals surface area contributed by atoms with Crippen molar-refractivity contribution in [2.45, 2.75) is 45.3 Å². The lowest BCUT2D eigenvalue weighted by atomic mass is 10.0. The molecule has 10 heteroatoms. The Balaban J connectivity index is 2.78. The molecule has 1 aliphatic rings. The number of amides is 3. The Bertz CT molecular complexity index is 474. The van der Waals surface area contributed by atoms with E-state index < -0.39 is 35.9 Å². The Morgan fingerprint density at radius 3 is 2.14 bits per heavy atom. The molecular formula is C12H15F3N2O5. The molecule has 0 aromatic heterocycles. The van der Waals surface area contributed by atoms with Crippen molar-refractivity contribution in [3.63, 3.8) is 0 Å². The van der Waals surface area contributed by atoms with E-state index in [-0.39, 0.29) is 30.2 Å². The molecule has 7 nitrogen and oxygen atoms in total. The zero-order chi connectivity index (χ0) is 17.1. The van der Waals surface area contributed by atoms with Crippen LogP contribution < -0.4 is 5.32 Å². The second-order valence-electron chi connectivity index (χ2n) is 5.15. The van der Waals surface area contributed by atoms with E-state index in [1.54, 1.807) is 13.8 Å². The van der Waals surface area contributed by atoms with Gasteiger partial charge in [0, 0.05) is 12.8 Å². The predicted molar refractivity (Wildman–Crippen MR) is 64.6 cm³/mol. The summed E-state index contributed by atoms with van der Waals surface area (Å²) in [7, 11) is 0. The highest BCUT2D eigenvalue weighted by Gasteiger charge is 2.42. The summed E-state index contributed by atoms with van der Waals surface area (Å²) in [5, 5.41) is 1.72. The van der Waals surface area contributed by atoms with Crippen molar-refractivity contribution in [1.82, 2.24) is 10.4 Å². The number of hydroxylamine groups is 2. The molecule has 22 heavy (non-hydrogen) atoms. The lowest BCUT2D eigenvalue weighted by Gasteiger charge is -2.21. The van der Waals surface area contributed by atoms with E-state index in [1.165, 1.54) is 5.32 Å². The van der Waals surface area contributed by atoms with Crippen molar-refractivity contribution in [1.29, 1.82) is 0 Å². The van der Waals surface area contributed by atoms with Gasteiger partial charge in [-0.3, -0.25) is 14.4 Å². The van der Waals surface area contributed by atoms with Crippen LogP contribution in [0.3, 0.4) is 0 Å². The van der Waals surface area contributed by atoms with Crippen LogP contribution in [0, 0.1) is 5.92 Å². The monoisotopic (exact) mass is 324 g/mol. The second kappa shape index (κ2) is 6.75. The van der Waals surface area contributed by atoms with E-state index in [2.05, 4.69) is 4.84 Å². The standard InChI is InChI=1S/C12H15F3N2O5/c1-6(2)5-7(16-11(21)12(13,14)15)10(20)22-17-8(18)3-4-9(17)19/h6-7H,3-5H2,1-2H3,(H,16,21). The number of hydrogen-bond acceptors (Lipinski definition) is 5. The number of carbonyl (C=O) groups excluding carboxylic acids is 4. The van der Waals surface area contributed by atoms with Gasteiger partial charge < -0.3 is 10.2 Å². The number of halogens is 3. The van der Waals surface area contributed by atoms with Gasteiger partial charge >= 0.3 is 18.1 Å². The Labute approximate surface area is 123 Å². The fourth-order valence-corrected chi connectivity index (χ4v) is 1.74. The van der Waals surface area contributed by atoms with Crippen molar-refractivity contribution in [3.05, 3.63) is 0 Å². The van der Waals surface area contributed by atoms with Crippen molar-refractivity contribution in [3.8, 4) is 0 Å². The lowest BCUT2D eigenvalue weighted by Crippen LogP contribution is -2.49. The summed E-state index contributed by atoms with van der Waals surface area (Å²) < 4.78 is 36.8. The van der Waals surface area contributed by atoms with Gasteiger partial charge in [0.05, 0.1) is 0 Å². The Hall–Kier alpha value is -2.13. The van der Waals surface area contributed by atoms with E-state index in [0.717, 1.165) is 0 Å². The SMILES string of the molecule is CC(C)CC(NC(=O)C(F)(F)F)C(=O)ON1C(=O)CCC1=O. The summed E-state index contributed by atoms with van der Waals surface area (Å²) in [4.78, 5) is 49.9. The first-order valence-electron chi connectivity index (χ1n) is 6.47.